The topological polar surface area (TPSA) is 194 Å². The van der Waals surface area contributed by atoms with E-state index < -0.39 is 60.2 Å². The van der Waals surface area contributed by atoms with Gasteiger partial charge in [0.25, 0.3) is 0 Å². The maximum Gasteiger partial charge on any atom is 0.326 e. The van der Waals surface area contributed by atoms with Gasteiger partial charge in [-0.15, -0.1) is 0 Å². The van der Waals surface area contributed by atoms with Gasteiger partial charge < -0.3 is 32.5 Å². The van der Waals surface area contributed by atoms with Crippen molar-refractivity contribution in [1.82, 2.24) is 16.0 Å². The molecule has 0 aliphatic carbocycles. The molecule has 0 saturated heterocycles. The Kier molecular flexibility index (Phi) is 13.6. The maximum atomic E-state index is 12.9. The monoisotopic (exact) mass is 475 g/mol. The number of carbonyl (C=O) groups excluding carboxylic acids is 4. The largest absolute Gasteiger partial charge is 0.480 e. The first-order valence-corrected chi connectivity index (χ1v) is 11.9. The van der Waals surface area contributed by atoms with Crippen LogP contribution in [0, 0.1) is 11.8 Å². The Morgan fingerprint density at radius 2 is 1.38 bits per heavy atom. The summed E-state index contributed by atoms with van der Waals surface area (Å²) in [5, 5.41) is 16.7. The molecule has 4 atom stereocenters. The Bertz CT molecular complexity index is 673. The predicted molar refractivity (Wildman–Crippen MR) is 123 cm³/mol. The highest BCUT2D eigenvalue weighted by Gasteiger charge is 2.31. The number of nitrogens with two attached hydrogens (primary N) is 2. The number of rotatable bonds is 15. The van der Waals surface area contributed by atoms with E-state index in [2.05, 4.69) is 16.0 Å². The Labute approximate surface area is 193 Å². The third-order valence-electron chi connectivity index (χ3n) is 4.62. The van der Waals surface area contributed by atoms with Gasteiger partial charge in [-0.05, 0) is 36.7 Å². The fourth-order valence-corrected chi connectivity index (χ4v) is 3.20. The average Bonchev–Trinajstić information content (AvgIpc) is 2.68. The molecule has 0 fully saturated rings. The van der Waals surface area contributed by atoms with E-state index in [1.54, 1.807) is 13.8 Å². The molecule has 11 nitrogen and oxygen atoms in total. The van der Waals surface area contributed by atoms with Gasteiger partial charge in [-0.25, -0.2) is 4.79 Å². The van der Waals surface area contributed by atoms with Gasteiger partial charge in [0.2, 0.25) is 23.6 Å². The first kappa shape index (κ1) is 29.7. The minimum atomic E-state index is -1.51. The number of carbonyl (C=O) groups is 5. The molecule has 0 aromatic carbocycles. The van der Waals surface area contributed by atoms with Crippen molar-refractivity contribution in [3.63, 3.8) is 0 Å². The molecular formula is C20H37N5O6S. The summed E-state index contributed by atoms with van der Waals surface area (Å²) in [6.45, 7) is 7.24. The molecule has 8 N–H and O–H groups in total. The Morgan fingerprint density at radius 1 is 0.875 bits per heavy atom. The van der Waals surface area contributed by atoms with Crippen LogP contribution >= 0.6 is 11.8 Å². The van der Waals surface area contributed by atoms with Crippen molar-refractivity contribution in [3.8, 4) is 0 Å². The number of thioether (sulfide) groups is 1. The average molecular weight is 476 g/mol. The molecule has 0 aromatic rings. The van der Waals surface area contributed by atoms with Crippen molar-refractivity contribution in [3.05, 3.63) is 0 Å². The van der Waals surface area contributed by atoms with E-state index >= 15 is 0 Å². The minimum Gasteiger partial charge on any atom is -0.480 e. The van der Waals surface area contributed by atoms with Crippen LogP contribution < -0.4 is 27.4 Å². The third kappa shape index (κ3) is 11.3. The van der Waals surface area contributed by atoms with Crippen LogP contribution in [0.3, 0.4) is 0 Å². The van der Waals surface area contributed by atoms with Gasteiger partial charge in [-0.1, -0.05) is 27.7 Å². The fraction of sp³-hybridized carbons (Fsp3) is 0.750. The van der Waals surface area contributed by atoms with Crippen LogP contribution in [0.2, 0.25) is 0 Å². The molecule has 12 heteroatoms. The first-order valence-electron chi connectivity index (χ1n) is 10.5. The van der Waals surface area contributed by atoms with E-state index in [0.717, 1.165) is 0 Å². The lowest BCUT2D eigenvalue weighted by atomic mass is 10.0. The van der Waals surface area contributed by atoms with Gasteiger partial charge in [0.15, 0.2) is 0 Å². The molecule has 184 valence electrons. The summed E-state index contributed by atoms with van der Waals surface area (Å²) in [6, 6.07) is -4.28. The number of nitrogens with one attached hydrogen (secondary N) is 3. The molecule has 0 radical (unpaired) electrons. The quantitative estimate of drug-likeness (QED) is 0.177. The lowest BCUT2D eigenvalue weighted by Gasteiger charge is -2.26. The van der Waals surface area contributed by atoms with Gasteiger partial charge in [0, 0.05) is 0 Å². The molecule has 0 heterocycles. The van der Waals surface area contributed by atoms with E-state index in [4.69, 9.17) is 11.5 Å². The predicted octanol–water partition coefficient (Wildman–Crippen LogP) is -0.817. The summed E-state index contributed by atoms with van der Waals surface area (Å²) in [7, 11) is 0. The van der Waals surface area contributed by atoms with Gasteiger partial charge in [-0.2, -0.15) is 11.8 Å². The van der Waals surface area contributed by atoms with Crippen LogP contribution in [-0.2, 0) is 24.0 Å². The summed E-state index contributed by atoms with van der Waals surface area (Å²) in [5.41, 5.74) is 10.9. The molecule has 0 rings (SSSR count). The van der Waals surface area contributed by atoms with Crippen molar-refractivity contribution in [2.75, 3.05) is 12.0 Å². The molecule has 0 spiro atoms. The molecule has 0 aliphatic heterocycles. The highest BCUT2D eigenvalue weighted by molar-refractivity contribution is 7.98. The lowest BCUT2D eigenvalue weighted by Crippen LogP contribution is -2.58. The van der Waals surface area contributed by atoms with Crippen molar-refractivity contribution >= 4 is 41.4 Å². The molecule has 4 unspecified atom stereocenters. The standard InChI is InChI=1S/C20H37N5O6S/c1-10(2)8-13(18(28)25-14(20(30)31)9-15(21)26)24-17(27)12(6-7-32-5)23-19(29)16(22)11(3)4/h10-14,16H,6-9,22H2,1-5H3,(H2,21,26)(H,23,29)(H,24,27)(H,25,28)(H,30,31). The number of carboxylic acid groups (broad SMARTS) is 1. The number of hydrogen-bond donors (Lipinski definition) is 6. The molecular weight excluding hydrogens is 438 g/mol. The second-order valence-corrected chi connectivity index (χ2v) is 9.36. The normalized spacial score (nSPS) is 14.9. The van der Waals surface area contributed by atoms with Crippen LogP contribution in [0.4, 0.5) is 0 Å². The fourth-order valence-electron chi connectivity index (χ4n) is 2.72. The number of amides is 4. The number of hydrogen-bond acceptors (Lipinski definition) is 7. The van der Waals surface area contributed by atoms with E-state index in [1.807, 2.05) is 20.1 Å². The smallest absolute Gasteiger partial charge is 0.326 e. The van der Waals surface area contributed by atoms with Crippen LogP contribution in [0.25, 0.3) is 0 Å². The summed E-state index contributed by atoms with van der Waals surface area (Å²) < 4.78 is 0. The van der Waals surface area contributed by atoms with Crippen LogP contribution in [0.15, 0.2) is 0 Å². The van der Waals surface area contributed by atoms with E-state index in [-0.39, 0.29) is 18.3 Å². The second kappa shape index (κ2) is 14.7. The number of aliphatic carboxylic acids is 1. The first-order chi connectivity index (χ1) is 14.8. The summed E-state index contributed by atoms with van der Waals surface area (Å²) in [4.78, 5) is 60.4. The summed E-state index contributed by atoms with van der Waals surface area (Å²) in [5.74, 6) is -3.67. The lowest BCUT2D eigenvalue weighted by molar-refractivity contribution is -0.144. The molecule has 4 amide bonds. The van der Waals surface area contributed by atoms with Crippen molar-refractivity contribution in [2.24, 2.45) is 23.3 Å². The van der Waals surface area contributed by atoms with Gasteiger partial charge in [-0.3, -0.25) is 19.2 Å². The summed E-state index contributed by atoms with van der Waals surface area (Å²) >= 11 is 1.49. The molecule has 32 heavy (non-hydrogen) atoms. The molecule has 0 bridgehead atoms. The number of carboxylic acids is 1. The van der Waals surface area contributed by atoms with Crippen LogP contribution in [0.1, 0.15) is 47.0 Å². The second-order valence-electron chi connectivity index (χ2n) is 8.37. The third-order valence-corrected chi connectivity index (χ3v) is 5.27. The number of primary amides is 1. The Balaban J connectivity index is 5.49. The molecule has 0 aromatic heterocycles. The zero-order valence-electron chi connectivity index (χ0n) is 19.3. The summed E-state index contributed by atoms with van der Waals surface area (Å²) in [6.07, 6.45) is 1.81. The van der Waals surface area contributed by atoms with Gasteiger partial charge >= 0.3 is 5.97 Å². The van der Waals surface area contributed by atoms with Crippen molar-refractivity contribution in [1.29, 1.82) is 0 Å². The highest BCUT2D eigenvalue weighted by Crippen LogP contribution is 2.09. The SMILES string of the molecule is CSCCC(NC(=O)C(N)C(C)C)C(=O)NC(CC(C)C)C(=O)NC(CC(N)=O)C(=O)O. The zero-order chi connectivity index (χ0) is 25.0. The van der Waals surface area contributed by atoms with Crippen molar-refractivity contribution < 1.29 is 29.1 Å². The van der Waals surface area contributed by atoms with E-state index in [9.17, 15) is 29.1 Å². The van der Waals surface area contributed by atoms with Gasteiger partial charge in [0.1, 0.15) is 18.1 Å². The Hall–Kier alpha value is -2.34. The van der Waals surface area contributed by atoms with E-state index in [0.29, 0.717) is 12.2 Å². The maximum absolute atomic E-state index is 12.9. The van der Waals surface area contributed by atoms with Crippen molar-refractivity contribution in [2.45, 2.75) is 71.1 Å². The molecule has 0 aliphatic rings. The van der Waals surface area contributed by atoms with E-state index in [1.165, 1.54) is 11.8 Å². The zero-order valence-corrected chi connectivity index (χ0v) is 20.2. The Morgan fingerprint density at radius 3 is 1.81 bits per heavy atom. The molecule has 0 saturated carbocycles. The minimum absolute atomic E-state index is 0.0147. The van der Waals surface area contributed by atoms with Crippen LogP contribution in [-0.4, -0.2) is 70.9 Å². The van der Waals surface area contributed by atoms with Crippen LogP contribution in [0.5, 0.6) is 0 Å². The van der Waals surface area contributed by atoms with Gasteiger partial charge in [0.05, 0.1) is 12.5 Å². The highest BCUT2D eigenvalue weighted by atomic mass is 32.2.